The maximum Gasteiger partial charge on any atom is 0.411 e. The number of fused-ring (bicyclic) bond motifs is 1. The summed E-state index contributed by atoms with van der Waals surface area (Å²) in [6.45, 7) is 8.98. The second kappa shape index (κ2) is 13.5. The van der Waals surface area contributed by atoms with Crippen molar-refractivity contribution >= 4 is 45.9 Å². The lowest BCUT2D eigenvalue weighted by Gasteiger charge is -2.39. The van der Waals surface area contributed by atoms with Crippen LogP contribution in [-0.4, -0.2) is 56.3 Å². The molecular weight excluding hydrogens is 584 g/mol. The number of amides is 4. The Morgan fingerprint density at radius 2 is 1.46 bits per heavy atom. The highest BCUT2D eigenvalue weighted by atomic mass is 16.5. The molecule has 1 heterocycles. The fourth-order valence-corrected chi connectivity index (χ4v) is 5.74. The molecule has 1 fully saturated rings. The molecule has 1 saturated heterocycles. The Labute approximate surface area is 269 Å². The molecule has 4 aromatic carbocycles. The fourth-order valence-electron chi connectivity index (χ4n) is 5.74. The van der Waals surface area contributed by atoms with E-state index in [1.807, 2.05) is 93.3 Å². The van der Waals surface area contributed by atoms with Crippen molar-refractivity contribution in [2.75, 3.05) is 43.3 Å². The number of carbonyl (C=O) groups is 3. The van der Waals surface area contributed by atoms with E-state index in [1.54, 1.807) is 18.2 Å². The van der Waals surface area contributed by atoms with E-state index in [9.17, 15) is 14.4 Å². The van der Waals surface area contributed by atoms with Crippen LogP contribution in [0.4, 0.5) is 26.7 Å². The van der Waals surface area contributed by atoms with E-state index < -0.39 is 12.1 Å². The molecule has 0 aromatic heterocycles. The highest BCUT2D eigenvalue weighted by molar-refractivity contribution is 6.13. The summed E-state index contributed by atoms with van der Waals surface area (Å²) in [5.41, 5.74) is 3.38. The molecule has 1 aliphatic heterocycles. The molecule has 0 radical (unpaired) electrons. The topological polar surface area (TPSA) is 118 Å². The quantitative estimate of drug-likeness (QED) is 0.204. The number of hydrogen-bond donors (Lipinski definition) is 3. The number of hydrogen-bond acceptors (Lipinski definition) is 6. The lowest BCUT2D eigenvalue weighted by molar-refractivity contribution is -0.0551. The van der Waals surface area contributed by atoms with Crippen molar-refractivity contribution in [1.82, 2.24) is 4.90 Å². The van der Waals surface area contributed by atoms with Gasteiger partial charge in [-0.2, -0.15) is 0 Å². The minimum atomic E-state index is -0.664. The molecule has 2 atom stereocenters. The van der Waals surface area contributed by atoms with E-state index in [-0.39, 0.29) is 29.2 Å². The average molecular weight is 625 g/mol. The highest BCUT2D eigenvalue weighted by Crippen LogP contribution is 2.39. The monoisotopic (exact) mass is 624 g/mol. The van der Waals surface area contributed by atoms with Gasteiger partial charge >= 0.3 is 12.1 Å². The zero-order valence-electron chi connectivity index (χ0n) is 27.0. The van der Waals surface area contributed by atoms with Gasteiger partial charge in [-0.1, -0.05) is 75.4 Å². The van der Waals surface area contributed by atoms with Crippen molar-refractivity contribution in [2.45, 2.75) is 45.3 Å². The Balaban J connectivity index is 1.42. The SMILES string of the molecule is COC(=O)Nc1cc(C(C)(C)C)cc(NC(=O)Nc2ccc(C(=O)N3CCOC(c4ccccc4)C3C)c3ccccc23)c1OC. The Morgan fingerprint density at radius 1 is 0.826 bits per heavy atom. The van der Waals surface area contributed by atoms with Gasteiger partial charge in [0.05, 0.1) is 43.9 Å². The Kier molecular flexibility index (Phi) is 9.48. The van der Waals surface area contributed by atoms with E-state index in [4.69, 9.17) is 14.2 Å². The maximum atomic E-state index is 14.0. The number of carbonyl (C=O) groups excluding carboxylic acids is 3. The summed E-state index contributed by atoms with van der Waals surface area (Å²) in [5.74, 6) is 0.172. The maximum absolute atomic E-state index is 14.0. The van der Waals surface area contributed by atoms with Gasteiger partial charge in [-0.15, -0.1) is 0 Å². The van der Waals surface area contributed by atoms with Gasteiger partial charge in [-0.25, -0.2) is 9.59 Å². The predicted molar refractivity (Wildman–Crippen MR) is 180 cm³/mol. The third kappa shape index (κ3) is 6.77. The largest absolute Gasteiger partial charge is 0.492 e. The molecular formula is C36H40N4O6. The minimum absolute atomic E-state index is 0.0988. The first-order valence-electron chi connectivity index (χ1n) is 15.2. The highest BCUT2D eigenvalue weighted by Gasteiger charge is 2.34. The first kappa shape index (κ1) is 32.3. The summed E-state index contributed by atoms with van der Waals surface area (Å²) in [6, 6.07) is 23.8. The Hall–Kier alpha value is -5.09. The van der Waals surface area contributed by atoms with Crippen LogP contribution in [0, 0.1) is 0 Å². The summed E-state index contributed by atoms with van der Waals surface area (Å²) >= 11 is 0. The second-order valence-corrected chi connectivity index (χ2v) is 12.2. The van der Waals surface area contributed by atoms with Crippen LogP contribution in [0.5, 0.6) is 5.75 Å². The molecule has 10 heteroatoms. The standard InChI is InChI=1S/C36H40N4O6/c1-22-31(23-12-8-7-9-13-23)46-19-18-40(22)33(41)27-16-17-28(26-15-11-10-14-25(26)27)37-34(42)38-29-20-24(36(2,3)4)21-30(32(29)44-5)39-35(43)45-6/h7-17,20-22,31H,18-19H2,1-6H3,(H,39,43)(H2,37,38,42). The number of morpholine rings is 1. The van der Waals surface area contributed by atoms with Crippen molar-refractivity contribution < 1.29 is 28.6 Å². The normalized spacial score (nSPS) is 16.4. The third-order valence-electron chi connectivity index (χ3n) is 8.18. The van der Waals surface area contributed by atoms with E-state index in [0.29, 0.717) is 41.2 Å². The number of methoxy groups -OCH3 is 2. The van der Waals surface area contributed by atoms with Crippen molar-refractivity contribution in [3.63, 3.8) is 0 Å². The molecule has 240 valence electrons. The van der Waals surface area contributed by atoms with Gasteiger partial charge in [0.25, 0.3) is 5.91 Å². The van der Waals surface area contributed by atoms with Crippen LogP contribution in [0.1, 0.15) is 55.3 Å². The summed E-state index contributed by atoms with van der Waals surface area (Å²) in [4.78, 5) is 41.4. The molecule has 46 heavy (non-hydrogen) atoms. The van der Waals surface area contributed by atoms with Gasteiger partial charge in [0.15, 0.2) is 5.75 Å². The van der Waals surface area contributed by atoms with Gasteiger partial charge in [-0.3, -0.25) is 10.1 Å². The van der Waals surface area contributed by atoms with Crippen LogP contribution in [-0.2, 0) is 14.9 Å². The Bertz CT molecular complexity index is 1750. The number of nitrogens with one attached hydrogen (secondary N) is 3. The first-order chi connectivity index (χ1) is 22.0. The zero-order valence-corrected chi connectivity index (χ0v) is 27.0. The van der Waals surface area contributed by atoms with Crippen LogP contribution in [0.25, 0.3) is 10.8 Å². The third-order valence-corrected chi connectivity index (χ3v) is 8.18. The summed E-state index contributed by atoms with van der Waals surface area (Å²) in [7, 11) is 2.73. The molecule has 0 aliphatic carbocycles. The molecule has 4 aromatic rings. The van der Waals surface area contributed by atoms with E-state index >= 15 is 0 Å². The molecule has 10 nitrogen and oxygen atoms in total. The number of benzene rings is 4. The fraction of sp³-hybridized carbons (Fsp3) is 0.306. The van der Waals surface area contributed by atoms with Crippen LogP contribution in [0.2, 0.25) is 0 Å². The van der Waals surface area contributed by atoms with Gasteiger partial charge < -0.3 is 29.7 Å². The number of rotatable bonds is 6. The Morgan fingerprint density at radius 3 is 2.11 bits per heavy atom. The summed E-state index contributed by atoms with van der Waals surface area (Å²) in [6.07, 6.45) is -0.894. The minimum Gasteiger partial charge on any atom is -0.492 e. The summed E-state index contributed by atoms with van der Waals surface area (Å²) in [5, 5.41) is 9.92. The first-order valence-corrected chi connectivity index (χ1v) is 15.2. The molecule has 3 N–H and O–H groups in total. The van der Waals surface area contributed by atoms with Gasteiger partial charge in [-0.05, 0) is 53.1 Å². The number of ether oxygens (including phenoxy) is 3. The van der Waals surface area contributed by atoms with Crippen molar-refractivity contribution in [3.8, 4) is 5.75 Å². The smallest absolute Gasteiger partial charge is 0.411 e. The van der Waals surface area contributed by atoms with Crippen molar-refractivity contribution in [2.24, 2.45) is 0 Å². The summed E-state index contributed by atoms with van der Waals surface area (Å²) < 4.78 is 16.5. The molecule has 0 saturated carbocycles. The van der Waals surface area contributed by atoms with E-state index in [0.717, 1.165) is 16.5 Å². The van der Waals surface area contributed by atoms with Crippen LogP contribution < -0.4 is 20.7 Å². The molecule has 2 unspecified atom stereocenters. The van der Waals surface area contributed by atoms with Gasteiger partial charge in [0.2, 0.25) is 0 Å². The molecule has 0 spiro atoms. The van der Waals surface area contributed by atoms with Crippen molar-refractivity contribution in [3.05, 3.63) is 95.6 Å². The van der Waals surface area contributed by atoms with Crippen LogP contribution in [0.3, 0.4) is 0 Å². The zero-order chi connectivity index (χ0) is 33.0. The predicted octanol–water partition coefficient (Wildman–Crippen LogP) is 7.57. The number of urea groups is 1. The molecule has 0 bridgehead atoms. The lowest BCUT2D eigenvalue weighted by Crippen LogP contribution is -2.48. The van der Waals surface area contributed by atoms with Crippen LogP contribution in [0.15, 0.2) is 78.9 Å². The molecule has 5 rings (SSSR count). The molecule has 4 amide bonds. The second-order valence-electron chi connectivity index (χ2n) is 12.2. The average Bonchev–Trinajstić information content (AvgIpc) is 3.04. The van der Waals surface area contributed by atoms with Gasteiger partial charge in [0, 0.05) is 17.5 Å². The van der Waals surface area contributed by atoms with Crippen LogP contribution >= 0.6 is 0 Å². The number of nitrogens with zero attached hydrogens (tertiary/aromatic N) is 1. The van der Waals surface area contributed by atoms with E-state index in [2.05, 4.69) is 16.0 Å². The number of anilines is 3. The van der Waals surface area contributed by atoms with Crippen molar-refractivity contribution in [1.29, 1.82) is 0 Å². The van der Waals surface area contributed by atoms with E-state index in [1.165, 1.54) is 14.2 Å². The molecule has 1 aliphatic rings. The van der Waals surface area contributed by atoms with Gasteiger partial charge in [0.1, 0.15) is 6.10 Å². The lowest BCUT2D eigenvalue weighted by atomic mass is 9.86.